The van der Waals surface area contributed by atoms with Gasteiger partial charge in [0.15, 0.2) is 0 Å². The van der Waals surface area contributed by atoms with E-state index in [1.807, 2.05) is 22.6 Å². The number of hydrogen-bond acceptors (Lipinski definition) is 6. The Balaban J connectivity index is 1.51. The van der Waals surface area contributed by atoms with E-state index in [4.69, 9.17) is 4.74 Å². The number of imidazole rings is 1. The zero-order valence-corrected chi connectivity index (χ0v) is 17.7. The van der Waals surface area contributed by atoms with Gasteiger partial charge in [0.05, 0.1) is 32.2 Å². The van der Waals surface area contributed by atoms with E-state index >= 15 is 0 Å². The Morgan fingerprint density at radius 3 is 2.83 bits per heavy atom. The number of aryl methyl sites for hydroxylation is 1. The van der Waals surface area contributed by atoms with Crippen molar-refractivity contribution in [3.05, 3.63) is 18.2 Å². The van der Waals surface area contributed by atoms with Gasteiger partial charge in [-0.05, 0) is 32.1 Å². The lowest BCUT2D eigenvalue weighted by molar-refractivity contribution is -0.162. The molecule has 1 aromatic rings. The highest BCUT2D eigenvalue weighted by atomic mass is 16.5. The van der Waals surface area contributed by atoms with Gasteiger partial charge in [-0.1, -0.05) is 0 Å². The minimum absolute atomic E-state index is 0.0138. The Hall–Kier alpha value is -2.42. The molecule has 3 aliphatic heterocycles. The first-order valence-corrected chi connectivity index (χ1v) is 10.9. The molecule has 164 valence electrons. The van der Waals surface area contributed by atoms with Gasteiger partial charge in [0.25, 0.3) is 0 Å². The van der Waals surface area contributed by atoms with E-state index in [1.165, 1.54) is 7.11 Å². The van der Waals surface area contributed by atoms with E-state index in [0.29, 0.717) is 25.4 Å². The molecule has 2 amide bonds. The van der Waals surface area contributed by atoms with E-state index in [2.05, 4.69) is 15.2 Å². The van der Waals surface area contributed by atoms with Crippen molar-refractivity contribution in [2.45, 2.75) is 57.8 Å². The predicted octanol–water partition coefficient (Wildman–Crippen LogP) is 0.394. The van der Waals surface area contributed by atoms with E-state index in [1.54, 1.807) is 6.33 Å². The highest BCUT2D eigenvalue weighted by Crippen LogP contribution is 2.41. The Labute approximate surface area is 176 Å². The van der Waals surface area contributed by atoms with Crippen LogP contribution < -0.4 is 5.32 Å². The highest BCUT2D eigenvalue weighted by Gasteiger charge is 2.51. The normalized spacial score (nSPS) is 28.7. The number of likely N-dealkylation sites (tertiary alicyclic amines) is 1. The molecule has 0 aromatic carbocycles. The maximum atomic E-state index is 13.3. The summed E-state index contributed by atoms with van der Waals surface area (Å²) < 4.78 is 6.80. The lowest BCUT2D eigenvalue weighted by Crippen LogP contribution is -2.68. The van der Waals surface area contributed by atoms with Crippen LogP contribution in [0.25, 0.3) is 0 Å². The van der Waals surface area contributed by atoms with Crippen LogP contribution in [0.2, 0.25) is 0 Å². The summed E-state index contributed by atoms with van der Waals surface area (Å²) in [5, 5.41) is 3.01. The van der Waals surface area contributed by atoms with Crippen LogP contribution in [0.4, 0.5) is 0 Å². The number of amides is 2. The van der Waals surface area contributed by atoms with Gasteiger partial charge >= 0.3 is 5.97 Å². The van der Waals surface area contributed by atoms with E-state index in [9.17, 15) is 14.4 Å². The van der Waals surface area contributed by atoms with Gasteiger partial charge in [-0.3, -0.25) is 19.3 Å². The average molecular weight is 418 g/mol. The molecule has 1 N–H and O–H groups in total. The number of ether oxygens (including phenoxy) is 1. The standard InChI is InChI=1S/C21H31N5O4/c1-3-24-11-16(23-13-24)8-22-21(29)20-15-7-14(9-25(10-15)12-19(28)30-2)17-5-4-6-18(27)26(17)20/h11,13-15,17,20H,3-10,12H2,1-2H3,(H,22,29)/t14-,15+,17-,20+/m0/s1. The number of hydrogen-bond donors (Lipinski definition) is 1. The van der Waals surface area contributed by atoms with Crippen LogP contribution in [-0.2, 0) is 32.2 Å². The van der Waals surface area contributed by atoms with E-state index in [-0.39, 0.29) is 36.3 Å². The molecule has 0 spiro atoms. The third kappa shape index (κ3) is 4.08. The average Bonchev–Trinajstić information content (AvgIpc) is 3.21. The minimum Gasteiger partial charge on any atom is -0.468 e. The van der Waals surface area contributed by atoms with Crippen molar-refractivity contribution in [1.82, 2.24) is 24.7 Å². The molecule has 0 saturated carbocycles. The fourth-order valence-corrected chi connectivity index (χ4v) is 5.42. The van der Waals surface area contributed by atoms with E-state index < -0.39 is 6.04 Å². The van der Waals surface area contributed by atoms with E-state index in [0.717, 1.165) is 38.0 Å². The van der Waals surface area contributed by atoms with Gasteiger partial charge in [-0.25, -0.2) is 4.98 Å². The molecule has 3 fully saturated rings. The first-order valence-electron chi connectivity index (χ1n) is 10.9. The van der Waals surface area contributed by atoms with Crippen LogP contribution in [0.1, 0.15) is 38.3 Å². The van der Waals surface area contributed by atoms with Crippen LogP contribution in [-0.4, -0.2) is 76.0 Å². The van der Waals surface area contributed by atoms with Crippen molar-refractivity contribution in [2.75, 3.05) is 26.7 Å². The van der Waals surface area contributed by atoms with Gasteiger partial charge in [-0.15, -0.1) is 0 Å². The molecule has 4 rings (SSSR count). The van der Waals surface area contributed by atoms with Crippen molar-refractivity contribution in [2.24, 2.45) is 11.8 Å². The van der Waals surface area contributed by atoms with Crippen LogP contribution in [0.15, 0.2) is 12.5 Å². The van der Waals surface area contributed by atoms with Crippen LogP contribution in [0.5, 0.6) is 0 Å². The number of rotatable bonds is 6. The number of carbonyl (C=O) groups is 3. The van der Waals surface area contributed by atoms with Gasteiger partial charge in [0.1, 0.15) is 6.04 Å². The largest absolute Gasteiger partial charge is 0.468 e. The maximum absolute atomic E-state index is 13.3. The molecule has 4 heterocycles. The Morgan fingerprint density at radius 2 is 2.10 bits per heavy atom. The molecule has 3 saturated heterocycles. The molecule has 0 radical (unpaired) electrons. The first-order chi connectivity index (χ1) is 14.5. The smallest absolute Gasteiger partial charge is 0.319 e. The monoisotopic (exact) mass is 417 g/mol. The lowest BCUT2D eigenvalue weighted by atomic mass is 9.71. The highest BCUT2D eigenvalue weighted by molar-refractivity contribution is 5.89. The topological polar surface area (TPSA) is 96.8 Å². The van der Waals surface area contributed by atoms with Gasteiger partial charge in [-0.2, -0.15) is 0 Å². The van der Waals surface area contributed by atoms with Gasteiger partial charge in [0, 0.05) is 44.2 Å². The number of esters is 1. The maximum Gasteiger partial charge on any atom is 0.319 e. The number of aromatic nitrogens is 2. The molecule has 4 atom stereocenters. The number of piperidine rings is 3. The number of nitrogens with one attached hydrogen (secondary N) is 1. The third-order valence-corrected chi connectivity index (χ3v) is 6.76. The molecule has 9 nitrogen and oxygen atoms in total. The van der Waals surface area contributed by atoms with Crippen LogP contribution in [0, 0.1) is 11.8 Å². The SMILES string of the molecule is CCn1cnc(CNC(=O)[C@H]2[C@@H]3C[C@@H](CN(CC(=O)OC)C3)[C@@H]3CCCC(=O)N32)c1. The van der Waals surface area contributed by atoms with Crippen molar-refractivity contribution in [1.29, 1.82) is 0 Å². The zero-order valence-electron chi connectivity index (χ0n) is 17.7. The summed E-state index contributed by atoms with van der Waals surface area (Å²) in [6, 6.07) is -0.425. The summed E-state index contributed by atoms with van der Waals surface area (Å²) in [5.74, 6) is 0.00312. The summed E-state index contributed by atoms with van der Waals surface area (Å²) in [6.45, 7) is 4.82. The molecule has 3 aliphatic rings. The fraction of sp³-hybridized carbons (Fsp3) is 0.714. The molecular formula is C21H31N5O4. The van der Waals surface area contributed by atoms with Crippen LogP contribution >= 0.6 is 0 Å². The third-order valence-electron chi connectivity index (χ3n) is 6.76. The summed E-state index contributed by atoms with van der Waals surface area (Å²) in [5.41, 5.74) is 0.802. The number of nitrogens with zero attached hydrogens (tertiary/aromatic N) is 4. The Bertz CT molecular complexity index is 809. The second kappa shape index (κ2) is 8.75. The van der Waals surface area contributed by atoms with Crippen molar-refractivity contribution in [3.63, 3.8) is 0 Å². The molecular weight excluding hydrogens is 386 g/mol. The molecule has 9 heteroatoms. The minimum atomic E-state index is -0.493. The summed E-state index contributed by atoms with van der Waals surface area (Å²) in [4.78, 5) is 46.2. The molecule has 2 bridgehead atoms. The molecule has 0 unspecified atom stereocenters. The lowest BCUT2D eigenvalue weighted by Gasteiger charge is -2.55. The quantitative estimate of drug-likeness (QED) is 0.673. The molecule has 30 heavy (non-hydrogen) atoms. The Kier molecular flexibility index (Phi) is 6.08. The van der Waals surface area contributed by atoms with Crippen LogP contribution in [0.3, 0.4) is 0 Å². The number of carbonyl (C=O) groups excluding carboxylic acids is 3. The number of fused-ring (bicyclic) bond motifs is 4. The molecule has 1 aromatic heterocycles. The molecule has 0 aliphatic carbocycles. The summed E-state index contributed by atoms with van der Waals surface area (Å²) in [6.07, 6.45) is 6.87. The summed E-state index contributed by atoms with van der Waals surface area (Å²) in [7, 11) is 1.39. The first kappa shape index (κ1) is 20.8. The summed E-state index contributed by atoms with van der Waals surface area (Å²) >= 11 is 0. The second-order valence-electron chi connectivity index (χ2n) is 8.64. The Morgan fingerprint density at radius 1 is 1.30 bits per heavy atom. The van der Waals surface area contributed by atoms with Gasteiger partial charge < -0.3 is 19.5 Å². The number of methoxy groups -OCH3 is 1. The predicted molar refractivity (Wildman–Crippen MR) is 108 cm³/mol. The van der Waals surface area contributed by atoms with Gasteiger partial charge in [0.2, 0.25) is 11.8 Å². The van der Waals surface area contributed by atoms with Crippen molar-refractivity contribution >= 4 is 17.8 Å². The zero-order chi connectivity index (χ0) is 21.3. The second-order valence-corrected chi connectivity index (χ2v) is 8.64. The van der Waals surface area contributed by atoms with Crippen molar-refractivity contribution in [3.8, 4) is 0 Å². The van der Waals surface area contributed by atoms with Crippen molar-refractivity contribution < 1.29 is 19.1 Å². The fourth-order valence-electron chi connectivity index (χ4n) is 5.42.